The lowest BCUT2D eigenvalue weighted by Gasteiger charge is -2.04. The summed E-state index contributed by atoms with van der Waals surface area (Å²) in [5.41, 5.74) is 5.03. The molecule has 0 radical (unpaired) electrons. The van der Waals surface area contributed by atoms with Crippen LogP contribution in [0.25, 0.3) is 16.5 Å². The molecule has 0 bridgehead atoms. The standard InChI is InChI=1S/C18H13N5O4S/c24-13-9-23(11-5-2-1-3-6-11)22-15(13)17(26)21-20-16(25)12-10-28-18(19-12)14-7-4-8-27-14/h1-10,24H,(H,20,25)(H,21,26). The van der Waals surface area contributed by atoms with Crippen molar-refractivity contribution in [2.45, 2.75) is 0 Å². The summed E-state index contributed by atoms with van der Waals surface area (Å²) in [7, 11) is 0. The maximum Gasteiger partial charge on any atom is 0.294 e. The number of rotatable bonds is 4. The van der Waals surface area contributed by atoms with Crippen molar-refractivity contribution in [3.63, 3.8) is 0 Å². The molecule has 0 fully saturated rings. The molecule has 0 spiro atoms. The van der Waals surface area contributed by atoms with E-state index in [4.69, 9.17) is 4.42 Å². The predicted molar refractivity (Wildman–Crippen MR) is 100.0 cm³/mol. The Morgan fingerprint density at radius 2 is 1.86 bits per heavy atom. The maximum atomic E-state index is 12.2. The molecule has 0 saturated heterocycles. The van der Waals surface area contributed by atoms with Crippen LogP contribution < -0.4 is 10.9 Å². The highest BCUT2D eigenvalue weighted by Gasteiger charge is 2.19. The van der Waals surface area contributed by atoms with Crippen molar-refractivity contribution in [2.75, 3.05) is 0 Å². The van der Waals surface area contributed by atoms with E-state index in [-0.39, 0.29) is 17.1 Å². The number of aromatic nitrogens is 3. The van der Waals surface area contributed by atoms with Gasteiger partial charge in [0.1, 0.15) is 5.69 Å². The number of amides is 2. The average molecular weight is 395 g/mol. The topological polar surface area (TPSA) is 122 Å². The van der Waals surface area contributed by atoms with Crippen LogP contribution in [0.15, 0.2) is 64.7 Å². The summed E-state index contributed by atoms with van der Waals surface area (Å²) in [6.07, 6.45) is 2.82. The summed E-state index contributed by atoms with van der Waals surface area (Å²) in [6.45, 7) is 0. The van der Waals surface area contributed by atoms with Gasteiger partial charge in [-0.15, -0.1) is 11.3 Å². The molecule has 0 aliphatic heterocycles. The minimum absolute atomic E-state index is 0.121. The summed E-state index contributed by atoms with van der Waals surface area (Å²) in [5, 5.41) is 16.1. The molecule has 0 aliphatic rings. The van der Waals surface area contributed by atoms with Gasteiger partial charge >= 0.3 is 0 Å². The number of nitrogens with zero attached hydrogens (tertiary/aromatic N) is 3. The molecular weight excluding hydrogens is 382 g/mol. The van der Waals surface area contributed by atoms with Crippen molar-refractivity contribution in [1.82, 2.24) is 25.6 Å². The number of nitrogens with one attached hydrogen (secondary N) is 2. The predicted octanol–water partition coefficient (Wildman–Crippen LogP) is 2.37. The number of carbonyl (C=O) groups is 2. The Hall–Kier alpha value is -3.92. The number of hydrogen-bond acceptors (Lipinski definition) is 7. The first kappa shape index (κ1) is 17.5. The zero-order valence-corrected chi connectivity index (χ0v) is 15.0. The van der Waals surface area contributed by atoms with Gasteiger partial charge in [-0.05, 0) is 24.3 Å². The van der Waals surface area contributed by atoms with E-state index in [9.17, 15) is 14.7 Å². The van der Waals surface area contributed by atoms with E-state index in [1.807, 2.05) is 6.07 Å². The summed E-state index contributed by atoms with van der Waals surface area (Å²) in [4.78, 5) is 28.6. The van der Waals surface area contributed by atoms with Gasteiger partial charge in [0, 0.05) is 5.38 Å². The molecular formula is C18H13N5O4S. The fourth-order valence-corrected chi connectivity index (χ4v) is 3.13. The third kappa shape index (κ3) is 3.48. The number of para-hydroxylation sites is 1. The lowest BCUT2D eigenvalue weighted by atomic mass is 10.3. The molecule has 3 N–H and O–H groups in total. The molecule has 140 valence electrons. The lowest BCUT2D eigenvalue weighted by Crippen LogP contribution is -2.42. The SMILES string of the molecule is O=C(NNC(=O)c1nn(-c2ccccc2)cc1O)c1csc(-c2ccco2)n1. The van der Waals surface area contributed by atoms with Crippen molar-refractivity contribution in [2.24, 2.45) is 0 Å². The van der Waals surface area contributed by atoms with Crippen LogP contribution in [-0.2, 0) is 0 Å². The lowest BCUT2D eigenvalue weighted by molar-refractivity contribution is 0.0840. The molecule has 2 amide bonds. The van der Waals surface area contributed by atoms with Gasteiger partial charge in [0.25, 0.3) is 11.8 Å². The number of thiazole rings is 1. The van der Waals surface area contributed by atoms with E-state index < -0.39 is 11.8 Å². The van der Waals surface area contributed by atoms with E-state index in [0.717, 1.165) is 0 Å². The Balaban J connectivity index is 1.42. The first-order chi connectivity index (χ1) is 13.6. The molecule has 0 saturated carbocycles. The second-order valence-corrected chi connectivity index (χ2v) is 6.42. The van der Waals surface area contributed by atoms with E-state index in [1.54, 1.807) is 41.8 Å². The van der Waals surface area contributed by atoms with Gasteiger partial charge in [-0.1, -0.05) is 18.2 Å². The van der Waals surface area contributed by atoms with Gasteiger partial charge < -0.3 is 9.52 Å². The van der Waals surface area contributed by atoms with Crippen LogP contribution in [0.3, 0.4) is 0 Å². The molecule has 28 heavy (non-hydrogen) atoms. The fourth-order valence-electron chi connectivity index (χ4n) is 2.37. The van der Waals surface area contributed by atoms with Gasteiger partial charge in [-0.25, -0.2) is 9.67 Å². The van der Waals surface area contributed by atoms with E-state index in [0.29, 0.717) is 16.5 Å². The quantitative estimate of drug-likeness (QED) is 0.456. The molecule has 9 nitrogen and oxygen atoms in total. The van der Waals surface area contributed by atoms with Gasteiger partial charge in [0.15, 0.2) is 22.2 Å². The summed E-state index contributed by atoms with van der Waals surface area (Å²) < 4.78 is 6.59. The second kappa shape index (κ2) is 7.37. The molecule has 3 aromatic heterocycles. The second-order valence-electron chi connectivity index (χ2n) is 5.57. The van der Waals surface area contributed by atoms with Crippen LogP contribution in [-0.4, -0.2) is 31.7 Å². The number of aromatic hydroxyl groups is 1. The van der Waals surface area contributed by atoms with Crippen LogP contribution in [0.4, 0.5) is 0 Å². The first-order valence-corrected chi connectivity index (χ1v) is 8.94. The minimum Gasteiger partial charge on any atom is -0.504 e. The van der Waals surface area contributed by atoms with Crippen LogP contribution >= 0.6 is 11.3 Å². The monoisotopic (exact) mass is 395 g/mol. The number of benzene rings is 1. The highest BCUT2D eigenvalue weighted by molar-refractivity contribution is 7.13. The molecule has 10 heteroatoms. The van der Waals surface area contributed by atoms with E-state index in [2.05, 4.69) is 20.9 Å². The van der Waals surface area contributed by atoms with Gasteiger partial charge in [-0.3, -0.25) is 20.4 Å². The average Bonchev–Trinajstić information content (AvgIpc) is 3.46. The molecule has 1 aromatic carbocycles. The summed E-state index contributed by atoms with van der Waals surface area (Å²) in [5.74, 6) is -1.14. The number of hydrogen-bond donors (Lipinski definition) is 3. The smallest absolute Gasteiger partial charge is 0.294 e. The van der Waals surface area contributed by atoms with Gasteiger partial charge in [0.05, 0.1) is 18.1 Å². The number of hydrazine groups is 1. The number of carbonyl (C=O) groups excluding carboxylic acids is 2. The summed E-state index contributed by atoms with van der Waals surface area (Å²) in [6, 6.07) is 12.4. The van der Waals surface area contributed by atoms with Crippen LogP contribution in [0.2, 0.25) is 0 Å². The Bertz CT molecular complexity index is 1120. The zero-order valence-electron chi connectivity index (χ0n) is 14.2. The van der Waals surface area contributed by atoms with E-state index in [1.165, 1.54) is 28.5 Å². The minimum atomic E-state index is -0.762. The molecule has 0 aliphatic carbocycles. The van der Waals surface area contributed by atoms with Gasteiger partial charge in [0.2, 0.25) is 0 Å². The van der Waals surface area contributed by atoms with Crippen molar-refractivity contribution in [3.8, 4) is 22.2 Å². The van der Waals surface area contributed by atoms with Crippen LogP contribution in [0.5, 0.6) is 5.75 Å². The Morgan fingerprint density at radius 1 is 1.07 bits per heavy atom. The van der Waals surface area contributed by atoms with Crippen molar-refractivity contribution in [3.05, 3.63) is 71.7 Å². The van der Waals surface area contributed by atoms with Crippen molar-refractivity contribution in [1.29, 1.82) is 0 Å². The summed E-state index contributed by atoms with van der Waals surface area (Å²) >= 11 is 1.24. The van der Waals surface area contributed by atoms with Gasteiger partial charge in [-0.2, -0.15) is 5.10 Å². The molecule has 0 unspecified atom stereocenters. The Labute approximate surface area is 162 Å². The van der Waals surface area contributed by atoms with E-state index >= 15 is 0 Å². The highest BCUT2D eigenvalue weighted by Crippen LogP contribution is 2.23. The molecule has 0 atom stereocenters. The normalized spacial score (nSPS) is 10.6. The van der Waals surface area contributed by atoms with Crippen LogP contribution in [0.1, 0.15) is 21.0 Å². The zero-order chi connectivity index (χ0) is 19.5. The maximum absolute atomic E-state index is 12.2. The Kier molecular flexibility index (Phi) is 4.60. The molecule has 3 heterocycles. The van der Waals surface area contributed by atoms with Crippen molar-refractivity contribution < 1.29 is 19.1 Å². The van der Waals surface area contributed by atoms with Crippen molar-refractivity contribution >= 4 is 23.2 Å². The third-order valence-corrected chi connectivity index (χ3v) is 4.55. The van der Waals surface area contributed by atoms with Crippen LogP contribution in [0, 0.1) is 0 Å². The highest BCUT2D eigenvalue weighted by atomic mass is 32.1. The Morgan fingerprint density at radius 3 is 2.61 bits per heavy atom. The first-order valence-electron chi connectivity index (χ1n) is 8.06. The molecule has 4 rings (SSSR count). The largest absolute Gasteiger partial charge is 0.504 e. The molecule has 4 aromatic rings. The number of furan rings is 1. The fraction of sp³-hybridized carbons (Fsp3) is 0. The third-order valence-electron chi connectivity index (χ3n) is 3.69.